The highest BCUT2D eigenvalue weighted by Crippen LogP contribution is 2.24. The van der Waals surface area contributed by atoms with E-state index in [0.29, 0.717) is 14.7 Å². The van der Waals surface area contributed by atoms with Crippen molar-refractivity contribution >= 4 is 52.0 Å². The van der Waals surface area contributed by atoms with Crippen molar-refractivity contribution in [1.82, 2.24) is 4.90 Å². The van der Waals surface area contributed by atoms with Gasteiger partial charge in [-0.2, -0.15) is 0 Å². The first-order chi connectivity index (χ1) is 7.61. The molecule has 0 aliphatic carbocycles. The lowest BCUT2D eigenvalue weighted by Crippen LogP contribution is -2.29. The third kappa shape index (κ3) is 2.00. The average molecular weight is 269 g/mol. The average Bonchev–Trinajstić information content (AvgIpc) is 2.50. The molecule has 1 aromatic rings. The molecule has 0 atom stereocenters. The fourth-order valence-corrected chi connectivity index (χ4v) is 2.28. The van der Waals surface area contributed by atoms with Gasteiger partial charge in [0.25, 0.3) is 11.8 Å². The SMILES string of the molecule is O=C1c2ccccc2C(=O)N1CSC(=S)S. The molecule has 2 amide bonds. The molecular formula is C10H7NO2S3. The summed E-state index contributed by atoms with van der Waals surface area (Å²) in [6.07, 6.45) is 0. The van der Waals surface area contributed by atoms with E-state index in [1.165, 1.54) is 16.7 Å². The molecule has 3 nitrogen and oxygen atoms in total. The highest BCUT2D eigenvalue weighted by atomic mass is 32.2. The van der Waals surface area contributed by atoms with Gasteiger partial charge in [0.2, 0.25) is 0 Å². The molecular weight excluding hydrogens is 262 g/mol. The number of carbonyl (C=O) groups excluding carboxylic acids is 2. The summed E-state index contributed by atoms with van der Waals surface area (Å²) in [4.78, 5) is 24.9. The second-order valence-electron chi connectivity index (χ2n) is 3.12. The van der Waals surface area contributed by atoms with Crippen molar-refractivity contribution in [1.29, 1.82) is 0 Å². The number of rotatable bonds is 2. The maximum absolute atomic E-state index is 11.8. The van der Waals surface area contributed by atoms with Gasteiger partial charge in [-0.25, -0.2) is 0 Å². The maximum Gasteiger partial charge on any atom is 0.262 e. The zero-order valence-electron chi connectivity index (χ0n) is 8.04. The lowest BCUT2D eigenvalue weighted by Gasteiger charge is -2.11. The topological polar surface area (TPSA) is 37.4 Å². The van der Waals surface area contributed by atoms with Crippen molar-refractivity contribution in [2.75, 3.05) is 5.88 Å². The molecule has 16 heavy (non-hydrogen) atoms. The smallest absolute Gasteiger partial charge is 0.262 e. The van der Waals surface area contributed by atoms with Gasteiger partial charge in [-0.05, 0) is 12.1 Å². The van der Waals surface area contributed by atoms with Gasteiger partial charge in [0.05, 0.1) is 17.0 Å². The van der Waals surface area contributed by atoms with Crippen LogP contribution in [0.2, 0.25) is 0 Å². The van der Waals surface area contributed by atoms with Crippen LogP contribution in [0.1, 0.15) is 20.7 Å². The minimum absolute atomic E-state index is 0.217. The van der Waals surface area contributed by atoms with E-state index >= 15 is 0 Å². The molecule has 0 radical (unpaired) electrons. The molecule has 2 rings (SSSR count). The monoisotopic (exact) mass is 269 g/mol. The lowest BCUT2D eigenvalue weighted by atomic mass is 10.1. The summed E-state index contributed by atoms with van der Waals surface area (Å²) in [6, 6.07) is 6.78. The van der Waals surface area contributed by atoms with Crippen LogP contribution in [0.3, 0.4) is 0 Å². The summed E-state index contributed by atoms with van der Waals surface area (Å²) in [5, 5.41) is 0. The van der Waals surface area contributed by atoms with Crippen molar-refractivity contribution in [3.05, 3.63) is 35.4 Å². The summed E-state index contributed by atoms with van der Waals surface area (Å²) in [5.41, 5.74) is 0.913. The van der Waals surface area contributed by atoms with E-state index in [0.717, 1.165) is 0 Å². The molecule has 82 valence electrons. The fraction of sp³-hybridized carbons (Fsp3) is 0.100. The van der Waals surface area contributed by atoms with Crippen LogP contribution in [0, 0.1) is 0 Å². The summed E-state index contributed by atoms with van der Waals surface area (Å²) < 4.78 is 0.413. The van der Waals surface area contributed by atoms with Gasteiger partial charge in [0, 0.05) is 0 Å². The number of benzene rings is 1. The second-order valence-corrected chi connectivity index (χ2v) is 5.80. The van der Waals surface area contributed by atoms with E-state index in [-0.39, 0.29) is 17.7 Å². The van der Waals surface area contributed by atoms with Gasteiger partial charge < -0.3 is 0 Å². The van der Waals surface area contributed by atoms with Crippen molar-refractivity contribution in [3.8, 4) is 0 Å². The first-order valence-electron chi connectivity index (χ1n) is 4.42. The Kier molecular flexibility index (Phi) is 3.32. The number of amides is 2. The van der Waals surface area contributed by atoms with Gasteiger partial charge >= 0.3 is 0 Å². The number of hydrogen-bond acceptors (Lipinski definition) is 4. The van der Waals surface area contributed by atoms with Crippen molar-refractivity contribution < 1.29 is 9.59 Å². The van der Waals surface area contributed by atoms with E-state index in [4.69, 9.17) is 12.2 Å². The molecule has 1 aromatic carbocycles. The summed E-state index contributed by atoms with van der Waals surface area (Å²) in [6.45, 7) is 0. The summed E-state index contributed by atoms with van der Waals surface area (Å²) in [5.74, 6) is -0.315. The summed E-state index contributed by atoms with van der Waals surface area (Å²) >= 11 is 9.89. The lowest BCUT2D eigenvalue weighted by molar-refractivity contribution is 0.0684. The third-order valence-electron chi connectivity index (χ3n) is 2.20. The van der Waals surface area contributed by atoms with Gasteiger partial charge in [0.1, 0.15) is 3.53 Å². The van der Waals surface area contributed by atoms with Crippen LogP contribution < -0.4 is 0 Å². The molecule has 0 aromatic heterocycles. The molecule has 0 saturated heterocycles. The number of nitrogens with zero attached hydrogens (tertiary/aromatic N) is 1. The number of carbonyl (C=O) groups is 2. The maximum atomic E-state index is 11.8. The van der Waals surface area contributed by atoms with E-state index in [1.54, 1.807) is 24.3 Å². The Balaban J connectivity index is 2.25. The van der Waals surface area contributed by atoms with Gasteiger partial charge in [-0.15, -0.1) is 12.6 Å². The van der Waals surface area contributed by atoms with Crippen LogP contribution in [-0.4, -0.2) is 26.1 Å². The quantitative estimate of drug-likeness (QED) is 0.507. The minimum Gasteiger partial charge on any atom is -0.269 e. The Morgan fingerprint density at radius 1 is 1.25 bits per heavy atom. The Labute approximate surface area is 108 Å². The van der Waals surface area contributed by atoms with E-state index in [9.17, 15) is 9.59 Å². The molecule has 0 fully saturated rings. The standard InChI is InChI=1S/C10H7NO2S3/c12-8-6-3-1-2-4-7(6)9(13)11(8)5-16-10(14)15/h1-4H,5H2,(H,14,15). The van der Waals surface area contributed by atoms with Crippen LogP contribution in [0.4, 0.5) is 0 Å². The zero-order chi connectivity index (χ0) is 11.7. The number of thioether (sulfide) groups is 1. The zero-order valence-corrected chi connectivity index (χ0v) is 10.6. The highest BCUT2D eigenvalue weighted by Gasteiger charge is 2.34. The number of thiol groups is 1. The number of hydrogen-bond donors (Lipinski definition) is 1. The van der Waals surface area contributed by atoms with Crippen molar-refractivity contribution in [3.63, 3.8) is 0 Å². The van der Waals surface area contributed by atoms with Crippen LogP contribution in [0.5, 0.6) is 0 Å². The molecule has 1 aliphatic heterocycles. The minimum atomic E-state index is -0.266. The molecule has 0 saturated carbocycles. The molecule has 0 unspecified atom stereocenters. The Morgan fingerprint density at radius 2 is 1.75 bits per heavy atom. The Morgan fingerprint density at radius 3 is 2.19 bits per heavy atom. The molecule has 1 heterocycles. The Bertz CT molecular complexity index is 452. The van der Waals surface area contributed by atoms with Gasteiger partial charge in [-0.3, -0.25) is 14.5 Å². The highest BCUT2D eigenvalue weighted by molar-refractivity contribution is 8.41. The van der Waals surface area contributed by atoms with Crippen LogP contribution in [-0.2, 0) is 0 Å². The predicted octanol–water partition coefficient (Wildman–Crippen LogP) is 2.19. The fourth-order valence-electron chi connectivity index (χ4n) is 1.48. The molecule has 1 aliphatic rings. The van der Waals surface area contributed by atoms with Crippen LogP contribution in [0.25, 0.3) is 0 Å². The molecule has 0 bridgehead atoms. The van der Waals surface area contributed by atoms with Gasteiger partial charge in [-0.1, -0.05) is 36.1 Å². The first-order valence-corrected chi connectivity index (χ1v) is 6.26. The number of fused-ring (bicyclic) bond motifs is 1. The largest absolute Gasteiger partial charge is 0.269 e. The molecule has 0 spiro atoms. The van der Waals surface area contributed by atoms with E-state index < -0.39 is 0 Å². The van der Waals surface area contributed by atoms with Crippen molar-refractivity contribution in [2.24, 2.45) is 0 Å². The number of thiocarbonyl (C=S) groups is 1. The second kappa shape index (κ2) is 4.57. The van der Waals surface area contributed by atoms with E-state index in [1.807, 2.05) is 0 Å². The molecule has 0 N–H and O–H groups in total. The Hall–Kier alpha value is -0.850. The number of imide groups is 1. The predicted molar refractivity (Wildman–Crippen MR) is 71.0 cm³/mol. The third-order valence-corrected chi connectivity index (χ3v) is 3.57. The van der Waals surface area contributed by atoms with Crippen LogP contribution >= 0.6 is 36.6 Å². The normalized spacial score (nSPS) is 14.2. The summed E-state index contributed by atoms with van der Waals surface area (Å²) in [7, 11) is 0. The van der Waals surface area contributed by atoms with Crippen molar-refractivity contribution in [2.45, 2.75) is 0 Å². The molecule has 6 heteroatoms. The van der Waals surface area contributed by atoms with E-state index in [2.05, 4.69) is 12.6 Å². The van der Waals surface area contributed by atoms with Crippen LogP contribution in [0.15, 0.2) is 24.3 Å². The van der Waals surface area contributed by atoms with Gasteiger partial charge in [0.15, 0.2) is 0 Å². The first kappa shape index (κ1) is 11.6.